The summed E-state index contributed by atoms with van der Waals surface area (Å²) < 4.78 is 1.09. The summed E-state index contributed by atoms with van der Waals surface area (Å²) in [6.07, 6.45) is 6.24. The molecule has 1 aromatic heterocycles. The third-order valence-corrected chi connectivity index (χ3v) is 8.19. The van der Waals surface area contributed by atoms with Crippen LogP contribution in [0.1, 0.15) is 88.4 Å². The molecule has 3 nitrogen and oxygen atoms in total. The van der Waals surface area contributed by atoms with Gasteiger partial charge in [-0.15, -0.1) is 0 Å². The van der Waals surface area contributed by atoms with E-state index < -0.39 is 0 Å². The van der Waals surface area contributed by atoms with E-state index in [4.69, 9.17) is 4.98 Å². The van der Waals surface area contributed by atoms with Gasteiger partial charge in [-0.1, -0.05) is 68.2 Å². The zero-order valence-corrected chi connectivity index (χ0v) is 20.8. The summed E-state index contributed by atoms with van der Waals surface area (Å²) in [7, 11) is 0. The van der Waals surface area contributed by atoms with Gasteiger partial charge in [-0.3, -0.25) is 4.90 Å². The van der Waals surface area contributed by atoms with Gasteiger partial charge in [0.2, 0.25) is 0 Å². The molecular weight excluding hydrogens is 446 g/mol. The van der Waals surface area contributed by atoms with Crippen LogP contribution >= 0.6 is 15.9 Å². The standard InChI is InChI=1S/C27H34BrN3/c1-26(2)12-13-27(3,4)21-15-18(8-10-20(21)26)17-31-14-6-5-7-24(31)25-29-22-11-9-19(28)16-23(22)30-25/h8-11,15-16,24H,5-7,12-14,17H2,1-4H3,(H,29,30). The summed E-state index contributed by atoms with van der Waals surface area (Å²) >= 11 is 3.58. The van der Waals surface area contributed by atoms with Crippen LogP contribution in [0.3, 0.4) is 0 Å². The average molecular weight is 480 g/mol. The van der Waals surface area contributed by atoms with Crippen molar-refractivity contribution in [3.63, 3.8) is 0 Å². The summed E-state index contributed by atoms with van der Waals surface area (Å²) in [5.74, 6) is 1.12. The number of likely N-dealkylation sites (tertiary alicyclic amines) is 1. The molecule has 1 fully saturated rings. The Balaban J connectivity index is 1.45. The van der Waals surface area contributed by atoms with Crippen molar-refractivity contribution in [3.8, 4) is 0 Å². The SMILES string of the molecule is CC1(C)CCC(C)(C)c2cc(CN3CCCCC3c3nc4ccc(Br)cc4[nH]3)ccc21. The van der Waals surface area contributed by atoms with E-state index in [1.54, 1.807) is 11.1 Å². The fourth-order valence-corrected chi connectivity index (χ4v) is 5.98. The van der Waals surface area contributed by atoms with Crippen molar-refractivity contribution in [2.45, 2.75) is 83.2 Å². The number of benzene rings is 2. The summed E-state index contributed by atoms with van der Waals surface area (Å²) in [6, 6.07) is 14.0. The number of nitrogens with zero attached hydrogens (tertiary/aromatic N) is 2. The Morgan fingerprint density at radius 1 is 1.00 bits per heavy atom. The first kappa shape index (κ1) is 21.2. The van der Waals surface area contributed by atoms with Gasteiger partial charge in [0.05, 0.1) is 17.1 Å². The Morgan fingerprint density at radius 3 is 2.58 bits per heavy atom. The molecule has 1 atom stereocenters. The van der Waals surface area contributed by atoms with E-state index in [1.165, 1.54) is 37.7 Å². The van der Waals surface area contributed by atoms with Gasteiger partial charge in [0, 0.05) is 11.0 Å². The molecule has 0 saturated carbocycles. The van der Waals surface area contributed by atoms with Crippen molar-refractivity contribution in [3.05, 3.63) is 63.4 Å². The fourth-order valence-electron chi connectivity index (χ4n) is 5.62. The quantitative estimate of drug-likeness (QED) is 0.424. The second-order valence-electron chi connectivity index (χ2n) is 10.9. The van der Waals surface area contributed by atoms with Crippen LogP contribution in [0.25, 0.3) is 11.0 Å². The predicted octanol–water partition coefficient (Wildman–Crippen LogP) is 7.40. The van der Waals surface area contributed by atoms with Gasteiger partial charge in [-0.2, -0.15) is 0 Å². The number of hydrogen-bond acceptors (Lipinski definition) is 2. The zero-order valence-electron chi connectivity index (χ0n) is 19.3. The van der Waals surface area contributed by atoms with Crippen molar-refractivity contribution >= 4 is 27.0 Å². The molecule has 164 valence electrons. The monoisotopic (exact) mass is 479 g/mol. The number of fused-ring (bicyclic) bond motifs is 2. The summed E-state index contributed by atoms with van der Waals surface area (Å²) in [6.45, 7) is 11.8. The van der Waals surface area contributed by atoms with Gasteiger partial charge in [-0.25, -0.2) is 4.98 Å². The number of nitrogens with one attached hydrogen (secondary N) is 1. The first-order valence-electron chi connectivity index (χ1n) is 11.8. The average Bonchev–Trinajstić information content (AvgIpc) is 3.15. The second kappa shape index (κ2) is 7.74. The molecule has 1 aliphatic heterocycles. The van der Waals surface area contributed by atoms with E-state index in [-0.39, 0.29) is 10.8 Å². The predicted molar refractivity (Wildman–Crippen MR) is 133 cm³/mol. The largest absolute Gasteiger partial charge is 0.341 e. The normalized spacial score (nSPS) is 23.1. The maximum Gasteiger partial charge on any atom is 0.124 e. The number of hydrogen-bond donors (Lipinski definition) is 1. The van der Waals surface area contributed by atoms with E-state index in [1.807, 2.05) is 0 Å². The molecule has 1 aliphatic carbocycles. The van der Waals surface area contributed by atoms with Gasteiger partial charge in [-0.05, 0) is 77.9 Å². The molecule has 1 unspecified atom stereocenters. The number of aromatic nitrogens is 2. The lowest BCUT2D eigenvalue weighted by molar-refractivity contribution is 0.134. The Morgan fingerprint density at radius 2 is 1.77 bits per heavy atom. The van der Waals surface area contributed by atoms with Crippen LogP contribution in [-0.2, 0) is 17.4 Å². The highest BCUT2D eigenvalue weighted by Crippen LogP contribution is 2.46. The Bertz CT molecular complexity index is 1110. The molecule has 1 saturated heterocycles. The zero-order chi connectivity index (χ0) is 21.8. The van der Waals surface area contributed by atoms with E-state index in [9.17, 15) is 0 Å². The number of rotatable bonds is 3. The summed E-state index contributed by atoms with van der Waals surface area (Å²) in [5.41, 5.74) is 7.26. The highest BCUT2D eigenvalue weighted by molar-refractivity contribution is 9.10. The van der Waals surface area contributed by atoms with E-state index in [0.29, 0.717) is 6.04 Å². The second-order valence-corrected chi connectivity index (χ2v) is 11.8. The van der Waals surface area contributed by atoms with Crippen molar-refractivity contribution in [2.75, 3.05) is 6.54 Å². The van der Waals surface area contributed by atoms with Crippen LogP contribution in [0.2, 0.25) is 0 Å². The molecule has 2 aliphatic rings. The lowest BCUT2D eigenvalue weighted by Gasteiger charge is -2.42. The maximum absolute atomic E-state index is 4.96. The van der Waals surface area contributed by atoms with Crippen molar-refractivity contribution in [1.29, 1.82) is 0 Å². The fraction of sp³-hybridized carbons (Fsp3) is 0.519. The lowest BCUT2D eigenvalue weighted by atomic mass is 9.63. The molecule has 0 bridgehead atoms. The van der Waals surface area contributed by atoms with Crippen molar-refractivity contribution in [1.82, 2.24) is 14.9 Å². The molecule has 2 aromatic carbocycles. The Kier molecular flexibility index (Phi) is 5.29. The van der Waals surface area contributed by atoms with Crippen LogP contribution in [0.5, 0.6) is 0 Å². The minimum atomic E-state index is 0.258. The number of piperidine rings is 1. The molecule has 0 radical (unpaired) electrons. The van der Waals surface area contributed by atoms with Gasteiger partial charge < -0.3 is 4.98 Å². The third-order valence-electron chi connectivity index (χ3n) is 7.69. The maximum atomic E-state index is 4.96. The Hall–Kier alpha value is -1.65. The molecular formula is C27H34BrN3. The number of halogens is 1. The molecule has 3 aromatic rings. The van der Waals surface area contributed by atoms with Crippen LogP contribution in [0, 0.1) is 0 Å². The number of imidazole rings is 1. The number of aromatic amines is 1. The van der Waals surface area contributed by atoms with Crippen LogP contribution in [0.15, 0.2) is 40.9 Å². The molecule has 0 spiro atoms. The highest BCUT2D eigenvalue weighted by atomic mass is 79.9. The van der Waals surface area contributed by atoms with Gasteiger partial charge in [0.15, 0.2) is 0 Å². The minimum absolute atomic E-state index is 0.258. The van der Waals surface area contributed by atoms with Crippen LogP contribution in [0.4, 0.5) is 0 Å². The number of H-pyrrole nitrogens is 1. The first-order valence-corrected chi connectivity index (χ1v) is 12.6. The molecule has 2 heterocycles. The van der Waals surface area contributed by atoms with Crippen molar-refractivity contribution in [2.24, 2.45) is 0 Å². The molecule has 5 rings (SSSR count). The van der Waals surface area contributed by atoms with E-state index >= 15 is 0 Å². The first-order chi connectivity index (χ1) is 14.7. The van der Waals surface area contributed by atoms with Crippen LogP contribution in [-0.4, -0.2) is 21.4 Å². The van der Waals surface area contributed by atoms with Gasteiger partial charge in [0.25, 0.3) is 0 Å². The summed E-state index contributed by atoms with van der Waals surface area (Å²) in [4.78, 5) is 11.2. The van der Waals surface area contributed by atoms with E-state index in [0.717, 1.165) is 34.4 Å². The third kappa shape index (κ3) is 3.98. The Labute approximate surface area is 194 Å². The van der Waals surface area contributed by atoms with Gasteiger partial charge >= 0.3 is 0 Å². The smallest absolute Gasteiger partial charge is 0.124 e. The summed E-state index contributed by atoms with van der Waals surface area (Å²) in [5, 5.41) is 0. The van der Waals surface area contributed by atoms with Crippen LogP contribution < -0.4 is 0 Å². The highest BCUT2D eigenvalue weighted by Gasteiger charge is 2.37. The topological polar surface area (TPSA) is 31.9 Å². The van der Waals surface area contributed by atoms with E-state index in [2.05, 4.69) is 89.9 Å². The minimum Gasteiger partial charge on any atom is -0.341 e. The molecule has 1 N–H and O–H groups in total. The molecule has 0 amide bonds. The molecule has 31 heavy (non-hydrogen) atoms. The molecule has 4 heteroatoms. The lowest BCUT2D eigenvalue weighted by Crippen LogP contribution is -2.35. The van der Waals surface area contributed by atoms with Gasteiger partial charge in [0.1, 0.15) is 5.82 Å². The van der Waals surface area contributed by atoms with Crippen molar-refractivity contribution < 1.29 is 0 Å².